The van der Waals surface area contributed by atoms with Gasteiger partial charge >= 0.3 is 0 Å². The highest BCUT2D eigenvalue weighted by Gasteiger charge is 2.13. The van der Waals surface area contributed by atoms with Gasteiger partial charge < -0.3 is 15.8 Å². The molecule has 4 heteroatoms. The van der Waals surface area contributed by atoms with Gasteiger partial charge in [0.1, 0.15) is 5.75 Å². The zero-order valence-corrected chi connectivity index (χ0v) is 15.3. The van der Waals surface area contributed by atoms with Crippen LogP contribution in [0, 0.1) is 0 Å². The van der Waals surface area contributed by atoms with Crippen molar-refractivity contribution in [3.05, 3.63) is 54.8 Å². The number of rotatable bonds is 10. The molecule has 25 heavy (non-hydrogen) atoms. The molecule has 1 aromatic heterocycles. The van der Waals surface area contributed by atoms with Crippen LogP contribution >= 0.6 is 0 Å². The lowest BCUT2D eigenvalue weighted by atomic mass is 10.0. The quantitative estimate of drug-likeness (QED) is 0.502. The third-order valence-corrected chi connectivity index (χ3v) is 4.18. The van der Waals surface area contributed by atoms with Crippen LogP contribution in [0.4, 0.5) is 5.69 Å². The SMILES string of the molecule is C=CCc1ccc2c(CC=C)c(OC)cc(NCCCC(C)N)c2n1. The minimum atomic E-state index is 0.223. The van der Waals surface area contributed by atoms with Crippen LogP contribution < -0.4 is 15.8 Å². The van der Waals surface area contributed by atoms with Crippen molar-refractivity contribution in [2.75, 3.05) is 19.0 Å². The number of pyridine rings is 1. The summed E-state index contributed by atoms with van der Waals surface area (Å²) in [6, 6.07) is 6.43. The van der Waals surface area contributed by atoms with E-state index in [1.807, 2.05) is 25.1 Å². The number of fused-ring (bicyclic) bond motifs is 1. The largest absolute Gasteiger partial charge is 0.496 e. The minimum Gasteiger partial charge on any atom is -0.496 e. The molecule has 1 atom stereocenters. The highest BCUT2D eigenvalue weighted by atomic mass is 16.5. The number of anilines is 1. The minimum absolute atomic E-state index is 0.223. The van der Waals surface area contributed by atoms with Crippen LogP contribution in [-0.4, -0.2) is 24.7 Å². The van der Waals surface area contributed by atoms with E-state index in [1.165, 1.54) is 0 Å². The lowest BCUT2D eigenvalue weighted by Gasteiger charge is -2.16. The maximum Gasteiger partial charge on any atom is 0.125 e. The summed E-state index contributed by atoms with van der Waals surface area (Å²) in [5.74, 6) is 0.861. The van der Waals surface area contributed by atoms with Crippen LogP contribution in [-0.2, 0) is 12.8 Å². The van der Waals surface area contributed by atoms with Gasteiger partial charge in [0.05, 0.1) is 18.3 Å². The Morgan fingerprint density at radius 1 is 1.28 bits per heavy atom. The molecule has 0 amide bonds. The van der Waals surface area contributed by atoms with E-state index in [0.717, 1.165) is 65.8 Å². The Hall–Kier alpha value is -2.33. The van der Waals surface area contributed by atoms with Gasteiger partial charge in [0, 0.05) is 41.7 Å². The summed E-state index contributed by atoms with van der Waals surface area (Å²) in [5, 5.41) is 4.61. The number of hydrogen-bond acceptors (Lipinski definition) is 4. The van der Waals surface area contributed by atoms with Gasteiger partial charge in [-0.05, 0) is 32.3 Å². The highest BCUT2D eigenvalue weighted by molar-refractivity contribution is 5.95. The van der Waals surface area contributed by atoms with Gasteiger partial charge in [-0.25, -0.2) is 0 Å². The van der Waals surface area contributed by atoms with Crippen molar-refractivity contribution in [1.82, 2.24) is 4.98 Å². The molecule has 0 fully saturated rings. The molecule has 0 aliphatic heterocycles. The molecule has 0 saturated carbocycles. The standard InChI is InChI=1S/C21H29N3O/c1-5-8-16-11-12-18-17(9-6-2)20(25-4)14-19(21(18)24-16)23-13-7-10-15(3)22/h5-6,11-12,14-15,23H,1-2,7-10,13,22H2,3-4H3. The molecule has 0 aliphatic carbocycles. The first-order valence-corrected chi connectivity index (χ1v) is 8.81. The van der Waals surface area contributed by atoms with Gasteiger partial charge in [0.25, 0.3) is 0 Å². The number of nitrogens with zero attached hydrogens (tertiary/aromatic N) is 1. The number of methoxy groups -OCH3 is 1. The number of benzene rings is 1. The Labute approximate surface area is 150 Å². The van der Waals surface area contributed by atoms with Gasteiger partial charge in [-0.3, -0.25) is 4.98 Å². The average Bonchev–Trinajstić information content (AvgIpc) is 2.60. The Bertz CT molecular complexity index is 737. The van der Waals surface area contributed by atoms with E-state index in [0.29, 0.717) is 0 Å². The van der Waals surface area contributed by atoms with E-state index < -0.39 is 0 Å². The van der Waals surface area contributed by atoms with E-state index in [-0.39, 0.29) is 6.04 Å². The molecule has 2 aromatic rings. The normalized spacial score (nSPS) is 12.0. The average molecular weight is 339 g/mol. The van der Waals surface area contributed by atoms with Crippen LogP contribution in [0.2, 0.25) is 0 Å². The topological polar surface area (TPSA) is 60.2 Å². The fourth-order valence-corrected chi connectivity index (χ4v) is 2.95. The van der Waals surface area contributed by atoms with E-state index in [4.69, 9.17) is 15.5 Å². The molecule has 0 bridgehead atoms. The monoisotopic (exact) mass is 339 g/mol. The van der Waals surface area contributed by atoms with Crippen molar-refractivity contribution < 1.29 is 4.74 Å². The van der Waals surface area contributed by atoms with E-state index in [1.54, 1.807) is 7.11 Å². The van der Waals surface area contributed by atoms with Crippen LogP contribution in [0.25, 0.3) is 10.9 Å². The van der Waals surface area contributed by atoms with E-state index in [2.05, 4.69) is 30.6 Å². The van der Waals surface area contributed by atoms with E-state index in [9.17, 15) is 0 Å². The predicted octanol–water partition coefficient (Wildman–Crippen LogP) is 4.24. The van der Waals surface area contributed by atoms with Crippen molar-refractivity contribution in [3.8, 4) is 5.75 Å². The third-order valence-electron chi connectivity index (χ3n) is 4.18. The second-order valence-electron chi connectivity index (χ2n) is 6.34. The maximum atomic E-state index is 5.84. The van der Waals surface area contributed by atoms with Crippen molar-refractivity contribution in [3.63, 3.8) is 0 Å². The van der Waals surface area contributed by atoms with Gasteiger partial charge in [0.2, 0.25) is 0 Å². The predicted molar refractivity (Wildman–Crippen MR) is 107 cm³/mol. The fourth-order valence-electron chi connectivity index (χ4n) is 2.95. The van der Waals surface area contributed by atoms with Crippen LogP contribution in [0.1, 0.15) is 31.0 Å². The number of hydrogen-bond donors (Lipinski definition) is 2. The van der Waals surface area contributed by atoms with Gasteiger partial charge in [0.15, 0.2) is 0 Å². The Morgan fingerprint density at radius 3 is 2.68 bits per heavy atom. The molecule has 1 aromatic carbocycles. The van der Waals surface area contributed by atoms with Crippen molar-refractivity contribution >= 4 is 16.6 Å². The Balaban J connectivity index is 2.45. The first-order chi connectivity index (χ1) is 12.1. The Kier molecular flexibility index (Phi) is 7.02. The summed E-state index contributed by atoms with van der Waals surface area (Å²) in [4.78, 5) is 4.85. The Morgan fingerprint density at radius 2 is 2.04 bits per heavy atom. The van der Waals surface area contributed by atoms with Crippen molar-refractivity contribution in [1.29, 1.82) is 0 Å². The van der Waals surface area contributed by atoms with Gasteiger partial charge in [-0.1, -0.05) is 18.2 Å². The van der Waals surface area contributed by atoms with Crippen molar-refractivity contribution in [2.24, 2.45) is 5.73 Å². The lowest BCUT2D eigenvalue weighted by Crippen LogP contribution is -2.16. The molecule has 0 aliphatic rings. The van der Waals surface area contributed by atoms with Crippen LogP contribution in [0.5, 0.6) is 5.75 Å². The van der Waals surface area contributed by atoms with E-state index >= 15 is 0 Å². The molecule has 3 N–H and O–H groups in total. The fraction of sp³-hybridized carbons (Fsp3) is 0.381. The molecule has 0 spiro atoms. The molecule has 4 nitrogen and oxygen atoms in total. The molecule has 0 saturated heterocycles. The van der Waals surface area contributed by atoms with Crippen LogP contribution in [0.3, 0.4) is 0 Å². The number of aromatic nitrogens is 1. The summed E-state index contributed by atoms with van der Waals surface area (Å²) in [6.07, 6.45) is 7.27. The molecular formula is C21H29N3O. The van der Waals surface area contributed by atoms with Crippen molar-refractivity contribution in [2.45, 2.75) is 38.6 Å². The number of nitrogens with two attached hydrogens (primary N) is 1. The molecule has 134 valence electrons. The third kappa shape index (κ3) is 4.83. The summed E-state index contributed by atoms with van der Waals surface area (Å²) in [7, 11) is 1.70. The molecular weight excluding hydrogens is 310 g/mol. The molecule has 2 rings (SSSR count). The molecule has 0 radical (unpaired) electrons. The maximum absolute atomic E-state index is 5.84. The number of allylic oxidation sites excluding steroid dienone is 2. The second kappa shape index (κ2) is 9.23. The lowest BCUT2D eigenvalue weighted by molar-refractivity contribution is 0.411. The first kappa shape index (κ1) is 19.0. The van der Waals surface area contributed by atoms with Gasteiger partial charge in [-0.2, -0.15) is 0 Å². The second-order valence-corrected chi connectivity index (χ2v) is 6.34. The van der Waals surface area contributed by atoms with Gasteiger partial charge in [-0.15, -0.1) is 13.2 Å². The number of ether oxygens (including phenoxy) is 1. The summed E-state index contributed by atoms with van der Waals surface area (Å²) in [5.41, 5.74) is 9.93. The first-order valence-electron chi connectivity index (χ1n) is 8.81. The zero-order chi connectivity index (χ0) is 18.2. The molecule has 1 heterocycles. The summed E-state index contributed by atoms with van der Waals surface area (Å²) >= 11 is 0. The smallest absolute Gasteiger partial charge is 0.125 e. The number of nitrogens with one attached hydrogen (secondary N) is 1. The highest BCUT2D eigenvalue weighted by Crippen LogP contribution is 2.34. The zero-order valence-electron chi connectivity index (χ0n) is 15.3. The molecule has 1 unspecified atom stereocenters. The summed E-state index contributed by atoms with van der Waals surface area (Å²) < 4.78 is 5.62. The van der Waals surface area contributed by atoms with Crippen LogP contribution in [0.15, 0.2) is 43.5 Å². The summed E-state index contributed by atoms with van der Waals surface area (Å²) in [6.45, 7) is 10.6.